The zero-order valence-electron chi connectivity index (χ0n) is 13.2. The molecule has 7 heteroatoms. The van der Waals surface area contributed by atoms with Crippen LogP contribution < -0.4 is 10.1 Å². The molecule has 1 aromatic carbocycles. The van der Waals surface area contributed by atoms with Crippen molar-refractivity contribution in [2.75, 3.05) is 19.7 Å². The van der Waals surface area contributed by atoms with Crippen molar-refractivity contribution in [2.24, 2.45) is 0 Å². The molecule has 1 saturated heterocycles. The van der Waals surface area contributed by atoms with Crippen molar-refractivity contribution in [3.63, 3.8) is 0 Å². The first-order valence-electron chi connectivity index (χ1n) is 7.82. The van der Waals surface area contributed by atoms with E-state index in [-0.39, 0.29) is 16.9 Å². The first-order chi connectivity index (χ1) is 11.5. The van der Waals surface area contributed by atoms with Gasteiger partial charge < -0.3 is 19.9 Å². The summed E-state index contributed by atoms with van der Waals surface area (Å²) in [5, 5.41) is 12.5. The van der Waals surface area contributed by atoms with Crippen molar-refractivity contribution >= 4 is 11.8 Å². The Hall–Kier alpha value is -2.41. The third-order valence-corrected chi connectivity index (χ3v) is 4.34. The molecule has 3 rings (SSSR count). The summed E-state index contributed by atoms with van der Waals surface area (Å²) in [6.07, 6.45) is 2.37. The fraction of sp³-hybridized carbons (Fsp3) is 0.412. The van der Waals surface area contributed by atoms with E-state index in [0.29, 0.717) is 32.5 Å². The third kappa shape index (κ3) is 2.65. The van der Waals surface area contributed by atoms with E-state index in [2.05, 4.69) is 5.32 Å². The smallest absolute Gasteiger partial charge is 0.336 e. The third-order valence-electron chi connectivity index (χ3n) is 4.34. The Labute approximate surface area is 138 Å². The molecular formula is C17H18FNO5. The van der Waals surface area contributed by atoms with Gasteiger partial charge in [0, 0.05) is 18.9 Å². The van der Waals surface area contributed by atoms with Crippen LogP contribution in [0.1, 0.15) is 40.5 Å². The summed E-state index contributed by atoms with van der Waals surface area (Å²) in [6.45, 7) is 3.42. The van der Waals surface area contributed by atoms with Crippen LogP contribution >= 0.6 is 0 Å². The van der Waals surface area contributed by atoms with Crippen LogP contribution in [0.3, 0.4) is 0 Å². The lowest BCUT2D eigenvalue weighted by atomic mass is 9.78. The van der Waals surface area contributed by atoms with Gasteiger partial charge in [0.15, 0.2) is 0 Å². The normalized spacial score (nSPS) is 20.6. The Morgan fingerprint density at radius 1 is 1.46 bits per heavy atom. The number of carbonyl (C=O) groups is 2. The van der Waals surface area contributed by atoms with Gasteiger partial charge in [-0.1, -0.05) is 0 Å². The highest BCUT2D eigenvalue weighted by atomic mass is 19.1. The molecule has 0 unspecified atom stereocenters. The van der Waals surface area contributed by atoms with Gasteiger partial charge in [0.2, 0.25) is 5.78 Å². The van der Waals surface area contributed by atoms with Crippen LogP contribution in [0.15, 0.2) is 24.0 Å². The predicted molar refractivity (Wildman–Crippen MR) is 82.9 cm³/mol. The summed E-state index contributed by atoms with van der Waals surface area (Å²) < 4.78 is 25.1. The van der Waals surface area contributed by atoms with Gasteiger partial charge in [0.05, 0.1) is 29.6 Å². The van der Waals surface area contributed by atoms with Gasteiger partial charge >= 0.3 is 5.97 Å². The number of benzene rings is 1. The molecule has 6 nitrogen and oxygen atoms in total. The largest absolute Gasteiger partial charge is 0.501 e. The minimum Gasteiger partial charge on any atom is -0.501 e. The molecule has 1 spiro atoms. The number of ether oxygens (including phenoxy) is 2. The van der Waals surface area contributed by atoms with E-state index in [0.717, 1.165) is 12.1 Å². The van der Waals surface area contributed by atoms with Crippen LogP contribution in [0.4, 0.5) is 4.39 Å². The molecular weight excluding hydrogens is 317 g/mol. The molecule has 1 fully saturated rings. The van der Waals surface area contributed by atoms with Crippen molar-refractivity contribution in [3.05, 3.63) is 40.9 Å². The molecule has 128 valence electrons. The van der Waals surface area contributed by atoms with Crippen molar-refractivity contribution in [2.45, 2.75) is 25.4 Å². The van der Waals surface area contributed by atoms with Gasteiger partial charge in [0.1, 0.15) is 17.2 Å². The number of Topliss-reactive ketones (excluding diaryl/α,β-unsaturated/α-hetero) is 1. The van der Waals surface area contributed by atoms with Gasteiger partial charge in [0.25, 0.3) is 0 Å². The number of fused-ring (bicyclic) bond motifs is 1. The Morgan fingerprint density at radius 2 is 2.17 bits per heavy atom. The Kier molecular flexibility index (Phi) is 4.28. The number of ketones is 1. The minimum atomic E-state index is -1.38. The van der Waals surface area contributed by atoms with Crippen LogP contribution in [0.2, 0.25) is 0 Å². The zero-order valence-corrected chi connectivity index (χ0v) is 13.2. The van der Waals surface area contributed by atoms with E-state index in [1.54, 1.807) is 6.92 Å². The maximum atomic E-state index is 13.8. The van der Waals surface area contributed by atoms with Crippen molar-refractivity contribution in [1.29, 1.82) is 0 Å². The number of carbonyl (C=O) groups excluding carboxylic acids is 1. The van der Waals surface area contributed by atoms with Gasteiger partial charge in [-0.05, 0) is 26.1 Å². The molecule has 0 atom stereocenters. The quantitative estimate of drug-likeness (QED) is 0.650. The molecule has 0 amide bonds. The first-order valence-corrected chi connectivity index (χ1v) is 7.82. The number of carboxylic acids is 1. The summed E-state index contributed by atoms with van der Waals surface area (Å²) in [5.41, 5.74) is -1.17. The highest BCUT2D eigenvalue weighted by Gasteiger charge is 2.48. The lowest BCUT2D eigenvalue weighted by Crippen LogP contribution is -2.52. The number of nitrogens with one attached hydrogen (secondary N) is 1. The first kappa shape index (κ1) is 16.4. The summed E-state index contributed by atoms with van der Waals surface area (Å²) >= 11 is 0. The van der Waals surface area contributed by atoms with Crippen molar-refractivity contribution < 1.29 is 28.6 Å². The van der Waals surface area contributed by atoms with Gasteiger partial charge in [-0.3, -0.25) is 4.79 Å². The second kappa shape index (κ2) is 6.24. The average molecular weight is 335 g/mol. The molecule has 0 aromatic heterocycles. The maximum Gasteiger partial charge on any atom is 0.336 e. The highest BCUT2D eigenvalue weighted by Crippen LogP contribution is 2.43. The second-order valence-corrected chi connectivity index (χ2v) is 5.79. The van der Waals surface area contributed by atoms with E-state index in [9.17, 15) is 19.1 Å². The lowest BCUT2D eigenvalue weighted by Gasteiger charge is -2.42. The number of piperidine rings is 1. The monoisotopic (exact) mass is 335 g/mol. The summed E-state index contributed by atoms with van der Waals surface area (Å²) in [4.78, 5) is 24.4. The molecule has 0 bridgehead atoms. The van der Waals surface area contributed by atoms with Crippen LogP contribution in [0.5, 0.6) is 5.75 Å². The molecule has 0 aliphatic carbocycles. The number of hydrogen-bond acceptors (Lipinski definition) is 5. The maximum absolute atomic E-state index is 13.8. The van der Waals surface area contributed by atoms with Crippen molar-refractivity contribution in [3.8, 4) is 5.75 Å². The molecule has 1 aromatic rings. The van der Waals surface area contributed by atoms with Crippen LogP contribution in [-0.4, -0.2) is 42.2 Å². The second-order valence-electron chi connectivity index (χ2n) is 5.79. The standard InChI is InChI=1S/C17H18FNO5/c1-2-23-9-12-15(20)14-11(16(21)22)7-10(18)8-13(14)24-17(12)3-5-19-6-4-17/h7-9,19H,2-6H2,1H3,(H,21,22)/b12-9+. The topological polar surface area (TPSA) is 84.9 Å². The SMILES string of the molecule is CCO/C=C1\C(=O)c2c(cc(F)cc2C(=O)O)OC12CCNCC2. The summed E-state index contributed by atoms with van der Waals surface area (Å²) in [5.74, 6) is -2.63. The van der Waals surface area contributed by atoms with Gasteiger partial charge in [-0.15, -0.1) is 0 Å². The fourth-order valence-corrected chi connectivity index (χ4v) is 3.20. The van der Waals surface area contributed by atoms with Gasteiger partial charge in [-0.2, -0.15) is 0 Å². The van der Waals surface area contributed by atoms with E-state index in [1.165, 1.54) is 6.26 Å². The number of aromatic carboxylic acids is 1. The number of halogens is 1. The molecule has 24 heavy (non-hydrogen) atoms. The van der Waals surface area contributed by atoms with E-state index >= 15 is 0 Å². The zero-order chi connectivity index (χ0) is 17.3. The van der Waals surface area contributed by atoms with Gasteiger partial charge in [-0.25, -0.2) is 9.18 Å². The number of rotatable bonds is 3. The molecule has 2 aliphatic rings. The number of hydrogen-bond donors (Lipinski definition) is 2. The van der Waals surface area contributed by atoms with E-state index in [1.807, 2.05) is 0 Å². The van der Waals surface area contributed by atoms with E-state index < -0.39 is 28.7 Å². The molecule has 2 heterocycles. The molecule has 2 aliphatic heterocycles. The van der Waals surface area contributed by atoms with E-state index in [4.69, 9.17) is 9.47 Å². The van der Waals surface area contributed by atoms with Crippen molar-refractivity contribution in [1.82, 2.24) is 5.32 Å². The Morgan fingerprint density at radius 3 is 2.79 bits per heavy atom. The number of carboxylic acid groups (broad SMARTS) is 1. The van der Waals surface area contributed by atoms with Crippen LogP contribution in [0.25, 0.3) is 0 Å². The highest BCUT2D eigenvalue weighted by molar-refractivity contribution is 6.17. The molecule has 0 radical (unpaired) electrons. The molecule has 0 saturated carbocycles. The Balaban J connectivity index is 2.18. The average Bonchev–Trinajstić information content (AvgIpc) is 2.54. The fourth-order valence-electron chi connectivity index (χ4n) is 3.20. The van der Waals surface area contributed by atoms with Crippen LogP contribution in [0, 0.1) is 5.82 Å². The predicted octanol–water partition coefficient (Wildman–Crippen LogP) is 2.14. The lowest BCUT2D eigenvalue weighted by molar-refractivity contribution is 0.0486. The van der Waals surface area contributed by atoms with Crippen LogP contribution in [-0.2, 0) is 4.74 Å². The minimum absolute atomic E-state index is 0.0204. The molecule has 2 N–H and O–H groups in total. The summed E-state index contributed by atoms with van der Waals surface area (Å²) in [6, 6.07) is 1.90. The summed E-state index contributed by atoms with van der Waals surface area (Å²) in [7, 11) is 0. The Bertz CT molecular complexity index is 722.